The molecular weight excluding hydrogens is 364 g/mol. The van der Waals surface area contributed by atoms with Gasteiger partial charge in [-0.15, -0.1) is 0 Å². The maximum Gasteiger partial charge on any atom is 0.0447 e. The van der Waals surface area contributed by atoms with Crippen LogP contribution in [0.3, 0.4) is 0 Å². The van der Waals surface area contributed by atoms with E-state index in [0.29, 0.717) is 5.92 Å². The van der Waals surface area contributed by atoms with Gasteiger partial charge in [0.15, 0.2) is 0 Å². The van der Waals surface area contributed by atoms with Crippen molar-refractivity contribution in [2.45, 2.75) is 31.6 Å². The quantitative estimate of drug-likeness (QED) is 0.532. The van der Waals surface area contributed by atoms with Gasteiger partial charge >= 0.3 is 0 Å². The molecule has 1 aliphatic rings. The third kappa shape index (κ3) is 5.21. The van der Waals surface area contributed by atoms with E-state index in [0.717, 1.165) is 31.0 Å². The zero-order valence-corrected chi connectivity index (χ0v) is 17.0. The lowest BCUT2D eigenvalue weighted by Crippen LogP contribution is -2.36. The van der Waals surface area contributed by atoms with Crippen LogP contribution < -0.4 is 0 Å². The molecule has 28 heavy (non-hydrogen) atoms. The summed E-state index contributed by atoms with van der Waals surface area (Å²) in [5.41, 5.74) is 5.19. The molecule has 0 radical (unpaired) electrons. The standard InChI is InChI=1S/C25H27ClN2/c26-24-11-8-21(9-12-24)17-22-10-13-25(27-18-22)23-7-4-15-28(19-23)16-14-20-5-2-1-3-6-20/h1-3,5-6,8-13,18,23H,4,7,14-17,19H2. The Hall–Kier alpha value is -2.16. The van der Waals surface area contributed by atoms with Crippen LogP contribution in [0.25, 0.3) is 0 Å². The van der Waals surface area contributed by atoms with Crippen molar-refractivity contribution in [3.8, 4) is 0 Å². The van der Waals surface area contributed by atoms with Crippen LogP contribution in [0.2, 0.25) is 5.02 Å². The Morgan fingerprint density at radius 3 is 2.43 bits per heavy atom. The number of aromatic nitrogens is 1. The lowest BCUT2D eigenvalue weighted by atomic mass is 9.93. The maximum absolute atomic E-state index is 5.97. The molecule has 1 aromatic heterocycles. The first-order valence-corrected chi connectivity index (χ1v) is 10.6. The van der Waals surface area contributed by atoms with E-state index in [2.05, 4.69) is 59.5 Å². The number of halogens is 1. The lowest BCUT2D eigenvalue weighted by Gasteiger charge is -2.32. The zero-order chi connectivity index (χ0) is 19.2. The normalized spacial score (nSPS) is 17.5. The summed E-state index contributed by atoms with van der Waals surface area (Å²) in [6.07, 6.45) is 6.57. The van der Waals surface area contributed by atoms with E-state index in [1.165, 1.54) is 41.8 Å². The smallest absolute Gasteiger partial charge is 0.0447 e. The highest BCUT2D eigenvalue weighted by molar-refractivity contribution is 6.30. The third-order valence-electron chi connectivity index (χ3n) is 5.65. The topological polar surface area (TPSA) is 16.1 Å². The van der Waals surface area contributed by atoms with Crippen molar-refractivity contribution >= 4 is 11.6 Å². The van der Waals surface area contributed by atoms with Crippen molar-refractivity contribution in [1.29, 1.82) is 0 Å². The van der Waals surface area contributed by atoms with Gasteiger partial charge in [0.25, 0.3) is 0 Å². The molecule has 1 unspecified atom stereocenters. The highest BCUT2D eigenvalue weighted by Gasteiger charge is 2.22. The van der Waals surface area contributed by atoms with E-state index >= 15 is 0 Å². The van der Waals surface area contributed by atoms with Crippen LogP contribution >= 0.6 is 11.6 Å². The van der Waals surface area contributed by atoms with E-state index in [9.17, 15) is 0 Å². The molecule has 0 amide bonds. The van der Waals surface area contributed by atoms with Crippen LogP contribution in [0.5, 0.6) is 0 Å². The molecule has 1 saturated heterocycles. The number of nitrogens with zero attached hydrogens (tertiary/aromatic N) is 2. The summed E-state index contributed by atoms with van der Waals surface area (Å²) in [7, 11) is 0. The predicted molar refractivity (Wildman–Crippen MR) is 117 cm³/mol. The van der Waals surface area contributed by atoms with E-state index < -0.39 is 0 Å². The molecule has 0 saturated carbocycles. The molecule has 3 heteroatoms. The minimum absolute atomic E-state index is 0.550. The van der Waals surface area contributed by atoms with Crippen molar-refractivity contribution in [3.63, 3.8) is 0 Å². The van der Waals surface area contributed by atoms with Crippen LogP contribution in [0.1, 0.15) is 41.1 Å². The molecule has 0 aliphatic carbocycles. The Balaban J connectivity index is 1.33. The summed E-state index contributed by atoms with van der Waals surface area (Å²) in [5.74, 6) is 0.550. The number of hydrogen-bond acceptors (Lipinski definition) is 2. The third-order valence-corrected chi connectivity index (χ3v) is 5.90. The Morgan fingerprint density at radius 2 is 1.68 bits per heavy atom. The van der Waals surface area contributed by atoms with Gasteiger partial charge in [-0.25, -0.2) is 0 Å². The van der Waals surface area contributed by atoms with Crippen LogP contribution in [0.15, 0.2) is 72.9 Å². The van der Waals surface area contributed by atoms with Crippen LogP contribution in [-0.4, -0.2) is 29.5 Å². The van der Waals surface area contributed by atoms with Gasteiger partial charge in [-0.05, 0) is 67.1 Å². The molecule has 0 spiro atoms. The second-order valence-corrected chi connectivity index (χ2v) is 8.21. The fourth-order valence-corrected chi connectivity index (χ4v) is 4.18. The van der Waals surface area contributed by atoms with Gasteiger partial charge in [0.05, 0.1) is 0 Å². The fraction of sp³-hybridized carbons (Fsp3) is 0.320. The molecule has 2 nitrogen and oxygen atoms in total. The highest BCUT2D eigenvalue weighted by atomic mass is 35.5. The van der Waals surface area contributed by atoms with Gasteiger partial charge < -0.3 is 4.90 Å². The van der Waals surface area contributed by atoms with Gasteiger partial charge in [-0.3, -0.25) is 4.98 Å². The Morgan fingerprint density at radius 1 is 0.893 bits per heavy atom. The number of benzene rings is 2. The van der Waals surface area contributed by atoms with Gasteiger partial charge in [-0.1, -0.05) is 60.1 Å². The molecule has 144 valence electrons. The predicted octanol–water partition coefficient (Wildman–Crippen LogP) is 5.75. The maximum atomic E-state index is 5.97. The Kier molecular flexibility index (Phi) is 6.41. The first kappa shape index (κ1) is 19.2. The molecular formula is C25H27ClN2. The minimum Gasteiger partial charge on any atom is -0.302 e. The van der Waals surface area contributed by atoms with E-state index in [4.69, 9.17) is 16.6 Å². The fourth-order valence-electron chi connectivity index (χ4n) is 4.05. The molecule has 3 aromatic rings. The number of piperidine rings is 1. The van der Waals surface area contributed by atoms with Crippen molar-refractivity contribution < 1.29 is 0 Å². The first-order chi connectivity index (χ1) is 13.8. The molecule has 0 N–H and O–H groups in total. The Bertz CT molecular complexity index is 859. The minimum atomic E-state index is 0.550. The average Bonchev–Trinajstić information content (AvgIpc) is 2.75. The van der Waals surface area contributed by atoms with E-state index in [1.807, 2.05) is 18.3 Å². The van der Waals surface area contributed by atoms with Gasteiger partial charge in [0, 0.05) is 35.9 Å². The molecule has 2 aromatic carbocycles. The monoisotopic (exact) mass is 390 g/mol. The van der Waals surface area contributed by atoms with Gasteiger partial charge in [0.1, 0.15) is 0 Å². The SMILES string of the molecule is Clc1ccc(Cc2ccc(C3CCCN(CCc4ccccc4)C3)nc2)cc1. The molecule has 1 atom stereocenters. The summed E-state index contributed by atoms with van der Waals surface area (Å²) in [4.78, 5) is 7.42. The summed E-state index contributed by atoms with van der Waals surface area (Å²) in [6, 6.07) is 23.3. The van der Waals surface area contributed by atoms with Gasteiger partial charge in [-0.2, -0.15) is 0 Å². The van der Waals surface area contributed by atoms with Crippen molar-refractivity contribution in [2.75, 3.05) is 19.6 Å². The molecule has 1 fully saturated rings. The second-order valence-electron chi connectivity index (χ2n) is 7.77. The van der Waals surface area contributed by atoms with E-state index in [1.54, 1.807) is 0 Å². The summed E-state index contributed by atoms with van der Waals surface area (Å²) in [5, 5.41) is 0.784. The largest absolute Gasteiger partial charge is 0.302 e. The van der Waals surface area contributed by atoms with Crippen LogP contribution in [0.4, 0.5) is 0 Å². The number of pyridine rings is 1. The lowest BCUT2D eigenvalue weighted by molar-refractivity contribution is 0.208. The number of likely N-dealkylation sites (tertiary alicyclic amines) is 1. The van der Waals surface area contributed by atoms with Crippen molar-refractivity contribution in [3.05, 3.63) is 100 Å². The first-order valence-electron chi connectivity index (χ1n) is 10.2. The summed E-state index contributed by atoms with van der Waals surface area (Å²) < 4.78 is 0. The van der Waals surface area contributed by atoms with Crippen molar-refractivity contribution in [1.82, 2.24) is 9.88 Å². The molecule has 1 aliphatic heterocycles. The summed E-state index contributed by atoms with van der Waals surface area (Å²) in [6.45, 7) is 3.46. The molecule has 2 heterocycles. The van der Waals surface area contributed by atoms with Crippen molar-refractivity contribution in [2.24, 2.45) is 0 Å². The van der Waals surface area contributed by atoms with Crippen LogP contribution in [-0.2, 0) is 12.8 Å². The van der Waals surface area contributed by atoms with Gasteiger partial charge in [0.2, 0.25) is 0 Å². The zero-order valence-electron chi connectivity index (χ0n) is 16.2. The highest BCUT2D eigenvalue weighted by Crippen LogP contribution is 2.26. The van der Waals surface area contributed by atoms with E-state index in [-0.39, 0.29) is 0 Å². The number of rotatable bonds is 6. The Labute approximate surface area is 173 Å². The average molecular weight is 391 g/mol. The summed E-state index contributed by atoms with van der Waals surface area (Å²) >= 11 is 5.97. The molecule has 4 rings (SSSR count). The number of hydrogen-bond donors (Lipinski definition) is 0. The van der Waals surface area contributed by atoms with Crippen LogP contribution in [0, 0.1) is 0 Å². The second kappa shape index (κ2) is 9.36. The molecule has 0 bridgehead atoms.